The van der Waals surface area contributed by atoms with Crippen molar-refractivity contribution in [3.63, 3.8) is 0 Å². The lowest BCUT2D eigenvalue weighted by atomic mass is 10.2. The summed E-state index contributed by atoms with van der Waals surface area (Å²) >= 11 is 1.36. The fraction of sp³-hybridized carbons (Fsp3) is 0.111. The molecular weight excluding hydrogens is 338 g/mol. The Labute approximate surface area is 148 Å². The number of thiazole rings is 1. The Morgan fingerprint density at radius 2 is 1.96 bits per heavy atom. The lowest BCUT2D eigenvalue weighted by Gasteiger charge is -2.05. The summed E-state index contributed by atoms with van der Waals surface area (Å²) in [5.74, 6) is -0.706. The molecule has 6 nitrogen and oxygen atoms in total. The van der Waals surface area contributed by atoms with Crippen LogP contribution in [0.5, 0.6) is 0 Å². The lowest BCUT2D eigenvalue weighted by Crippen LogP contribution is -2.12. The van der Waals surface area contributed by atoms with Crippen LogP contribution in [-0.4, -0.2) is 28.5 Å². The molecule has 1 amide bonds. The fourth-order valence-electron chi connectivity index (χ4n) is 2.08. The third kappa shape index (κ3) is 4.07. The first-order valence-corrected chi connectivity index (χ1v) is 8.51. The van der Waals surface area contributed by atoms with Gasteiger partial charge >= 0.3 is 5.97 Å². The number of anilines is 1. The summed E-state index contributed by atoms with van der Waals surface area (Å²) in [7, 11) is 0. The number of hydrogen-bond acceptors (Lipinski definition) is 6. The quantitative estimate of drug-likeness (QED) is 0.708. The third-order valence-electron chi connectivity index (χ3n) is 3.27. The molecule has 3 aromatic rings. The monoisotopic (exact) mass is 353 g/mol. The SMILES string of the molecule is CCOC(=O)c1ccc(NC(=O)c2csc(-c3ccccn3)n2)cc1. The Bertz CT molecular complexity index is 876. The van der Waals surface area contributed by atoms with E-state index < -0.39 is 0 Å². The highest BCUT2D eigenvalue weighted by Crippen LogP contribution is 2.22. The molecule has 0 radical (unpaired) electrons. The van der Waals surface area contributed by atoms with E-state index in [4.69, 9.17) is 4.74 Å². The Morgan fingerprint density at radius 1 is 1.16 bits per heavy atom. The van der Waals surface area contributed by atoms with Gasteiger partial charge in [0.25, 0.3) is 5.91 Å². The number of ether oxygens (including phenoxy) is 1. The molecule has 0 spiro atoms. The molecule has 7 heteroatoms. The topological polar surface area (TPSA) is 81.2 Å². The standard InChI is InChI=1S/C18H15N3O3S/c1-2-24-18(23)12-6-8-13(9-7-12)20-16(22)15-11-25-17(21-15)14-5-3-4-10-19-14/h3-11H,2H2,1H3,(H,20,22). The number of benzene rings is 1. The predicted octanol–water partition coefficient (Wildman–Crippen LogP) is 3.63. The van der Waals surface area contributed by atoms with Crippen molar-refractivity contribution in [1.29, 1.82) is 0 Å². The van der Waals surface area contributed by atoms with E-state index in [1.54, 1.807) is 42.8 Å². The maximum absolute atomic E-state index is 12.3. The van der Waals surface area contributed by atoms with Crippen LogP contribution in [-0.2, 0) is 4.74 Å². The Morgan fingerprint density at radius 3 is 2.64 bits per heavy atom. The van der Waals surface area contributed by atoms with Crippen molar-refractivity contribution < 1.29 is 14.3 Å². The van der Waals surface area contributed by atoms with Crippen LogP contribution in [0.4, 0.5) is 5.69 Å². The number of carbonyl (C=O) groups is 2. The first-order chi connectivity index (χ1) is 12.2. The van der Waals surface area contributed by atoms with Gasteiger partial charge in [0.05, 0.1) is 17.9 Å². The molecule has 0 fully saturated rings. The van der Waals surface area contributed by atoms with Crippen LogP contribution in [0.1, 0.15) is 27.8 Å². The number of nitrogens with one attached hydrogen (secondary N) is 1. The summed E-state index contributed by atoms with van der Waals surface area (Å²) in [4.78, 5) is 32.4. The van der Waals surface area contributed by atoms with Gasteiger partial charge in [0.15, 0.2) is 0 Å². The van der Waals surface area contributed by atoms with Gasteiger partial charge in [-0.05, 0) is 43.3 Å². The smallest absolute Gasteiger partial charge is 0.338 e. The molecule has 2 aromatic heterocycles. The second-order valence-corrected chi connectivity index (χ2v) is 5.86. The van der Waals surface area contributed by atoms with Crippen molar-refractivity contribution in [3.8, 4) is 10.7 Å². The molecule has 3 rings (SSSR count). The zero-order valence-electron chi connectivity index (χ0n) is 13.4. The van der Waals surface area contributed by atoms with E-state index in [9.17, 15) is 9.59 Å². The van der Waals surface area contributed by atoms with Crippen LogP contribution in [0.2, 0.25) is 0 Å². The molecular formula is C18H15N3O3S. The van der Waals surface area contributed by atoms with Crippen molar-refractivity contribution in [1.82, 2.24) is 9.97 Å². The Kier molecular flexibility index (Phi) is 5.15. The van der Waals surface area contributed by atoms with Gasteiger partial charge in [-0.3, -0.25) is 9.78 Å². The number of rotatable bonds is 5. The minimum atomic E-state index is -0.389. The number of carbonyl (C=O) groups excluding carboxylic acids is 2. The average molecular weight is 353 g/mol. The second kappa shape index (κ2) is 7.67. The Hall–Kier alpha value is -3.06. The molecule has 0 aliphatic carbocycles. The zero-order valence-corrected chi connectivity index (χ0v) is 14.2. The summed E-state index contributed by atoms with van der Waals surface area (Å²) in [5.41, 5.74) is 2.06. The number of pyridine rings is 1. The number of aromatic nitrogens is 2. The van der Waals surface area contributed by atoms with Gasteiger partial charge in [-0.1, -0.05) is 6.07 Å². The summed E-state index contributed by atoms with van der Waals surface area (Å²) in [5, 5.41) is 5.12. The van der Waals surface area contributed by atoms with Gasteiger partial charge < -0.3 is 10.1 Å². The van der Waals surface area contributed by atoms with E-state index in [1.807, 2.05) is 18.2 Å². The highest BCUT2D eigenvalue weighted by molar-refractivity contribution is 7.13. The summed E-state index contributed by atoms with van der Waals surface area (Å²) < 4.78 is 4.92. The van der Waals surface area contributed by atoms with E-state index in [2.05, 4.69) is 15.3 Å². The van der Waals surface area contributed by atoms with Crippen molar-refractivity contribution in [2.24, 2.45) is 0 Å². The van der Waals surface area contributed by atoms with E-state index in [0.29, 0.717) is 28.6 Å². The van der Waals surface area contributed by atoms with Crippen LogP contribution < -0.4 is 5.32 Å². The van der Waals surface area contributed by atoms with Crippen molar-refractivity contribution in [2.45, 2.75) is 6.92 Å². The molecule has 1 aromatic carbocycles. The molecule has 0 aliphatic rings. The lowest BCUT2D eigenvalue weighted by molar-refractivity contribution is 0.0526. The first kappa shape index (κ1) is 16.8. The molecule has 0 aliphatic heterocycles. The number of nitrogens with zero attached hydrogens (tertiary/aromatic N) is 2. The molecule has 0 bridgehead atoms. The third-order valence-corrected chi connectivity index (χ3v) is 4.14. The van der Waals surface area contributed by atoms with Gasteiger partial charge in [0.1, 0.15) is 10.7 Å². The van der Waals surface area contributed by atoms with E-state index in [-0.39, 0.29) is 11.9 Å². The second-order valence-electron chi connectivity index (χ2n) is 5.00. The molecule has 0 saturated heterocycles. The predicted molar refractivity (Wildman–Crippen MR) is 95.7 cm³/mol. The highest BCUT2D eigenvalue weighted by Gasteiger charge is 2.13. The summed E-state index contributed by atoms with van der Waals surface area (Å²) in [6.07, 6.45) is 1.68. The van der Waals surface area contributed by atoms with Gasteiger partial charge in [0, 0.05) is 17.3 Å². The van der Waals surface area contributed by atoms with E-state index in [0.717, 1.165) is 5.69 Å². The van der Waals surface area contributed by atoms with E-state index in [1.165, 1.54) is 11.3 Å². The van der Waals surface area contributed by atoms with Crippen LogP contribution in [0.15, 0.2) is 54.0 Å². The van der Waals surface area contributed by atoms with Crippen molar-refractivity contribution >= 4 is 28.9 Å². The van der Waals surface area contributed by atoms with Gasteiger partial charge in [0.2, 0.25) is 0 Å². The maximum Gasteiger partial charge on any atom is 0.338 e. The summed E-state index contributed by atoms with van der Waals surface area (Å²) in [6.45, 7) is 2.07. The molecule has 0 unspecified atom stereocenters. The molecule has 1 N–H and O–H groups in total. The van der Waals surface area contributed by atoms with Crippen LogP contribution in [0.3, 0.4) is 0 Å². The van der Waals surface area contributed by atoms with Crippen molar-refractivity contribution in [2.75, 3.05) is 11.9 Å². The van der Waals surface area contributed by atoms with Crippen LogP contribution >= 0.6 is 11.3 Å². The Balaban J connectivity index is 1.68. The number of esters is 1. The van der Waals surface area contributed by atoms with Crippen molar-refractivity contribution in [3.05, 3.63) is 65.3 Å². The van der Waals surface area contributed by atoms with Gasteiger partial charge in [-0.25, -0.2) is 9.78 Å². The normalized spacial score (nSPS) is 10.3. The minimum absolute atomic E-state index is 0.317. The van der Waals surface area contributed by atoms with Gasteiger partial charge in [-0.15, -0.1) is 11.3 Å². The largest absolute Gasteiger partial charge is 0.462 e. The zero-order chi connectivity index (χ0) is 17.6. The van der Waals surface area contributed by atoms with Gasteiger partial charge in [-0.2, -0.15) is 0 Å². The first-order valence-electron chi connectivity index (χ1n) is 7.63. The highest BCUT2D eigenvalue weighted by atomic mass is 32.1. The fourth-order valence-corrected chi connectivity index (χ4v) is 2.86. The molecule has 0 saturated carbocycles. The number of amides is 1. The molecule has 2 heterocycles. The molecule has 25 heavy (non-hydrogen) atoms. The summed E-state index contributed by atoms with van der Waals surface area (Å²) in [6, 6.07) is 12.0. The molecule has 126 valence electrons. The number of hydrogen-bond donors (Lipinski definition) is 1. The van der Waals surface area contributed by atoms with E-state index >= 15 is 0 Å². The van der Waals surface area contributed by atoms with Crippen LogP contribution in [0.25, 0.3) is 10.7 Å². The minimum Gasteiger partial charge on any atom is -0.462 e. The molecule has 0 atom stereocenters. The maximum atomic E-state index is 12.3. The van der Waals surface area contributed by atoms with Crippen LogP contribution in [0, 0.1) is 0 Å². The average Bonchev–Trinajstić information content (AvgIpc) is 3.13.